The first-order valence-electron chi connectivity index (χ1n) is 9.37. The molecule has 1 atom stereocenters. The molecule has 0 saturated carbocycles. The molecule has 1 aliphatic carbocycles. The van der Waals surface area contributed by atoms with Gasteiger partial charge in [0.15, 0.2) is 6.10 Å². The quantitative estimate of drug-likeness (QED) is 0.724. The molecule has 7 nitrogen and oxygen atoms in total. The van der Waals surface area contributed by atoms with Crippen molar-refractivity contribution in [3.8, 4) is 0 Å². The Morgan fingerprint density at radius 1 is 1.32 bits per heavy atom. The lowest BCUT2D eigenvalue weighted by Crippen LogP contribution is -2.30. The summed E-state index contributed by atoms with van der Waals surface area (Å²) in [6, 6.07) is 1.76. The van der Waals surface area contributed by atoms with Gasteiger partial charge in [-0.2, -0.15) is 0 Å². The zero-order valence-electron chi connectivity index (χ0n) is 16.5. The number of aromatic nitrogens is 1. The first kappa shape index (κ1) is 20.1. The number of ether oxygens (including phenoxy) is 1. The number of fused-ring (bicyclic) bond motifs is 1. The van der Waals surface area contributed by atoms with Gasteiger partial charge in [-0.3, -0.25) is 9.59 Å². The monoisotopic (exact) mass is 403 g/mol. The Hall–Kier alpha value is -2.61. The van der Waals surface area contributed by atoms with Crippen LogP contribution in [0.15, 0.2) is 6.07 Å². The SMILES string of the molecule is CCn1c(C)cc(C(=O)O[C@@H](C)C(=O)Nc2sc3c(c2C(N)=O)CCC3)c1C. The highest BCUT2D eigenvalue weighted by Crippen LogP contribution is 2.38. The molecule has 0 aromatic carbocycles. The van der Waals surface area contributed by atoms with Gasteiger partial charge in [0.2, 0.25) is 0 Å². The molecule has 2 aromatic heterocycles. The summed E-state index contributed by atoms with van der Waals surface area (Å²) in [6.07, 6.45) is 1.65. The number of nitrogens with zero attached hydrogens (tertiary/aromatic N) is 1. The Morgan fingerprint density at radius 2 is 2.04 bits per heavy atom. The van der Waals surface area contributed by atoms with Gasteiger partial charge in [-0.15, -0.1) is 11.3 Å². The van der Waals surface area contributed by atoms with Gasteiger partial charge in [0.05, 0.1) is 11.1 Å². The van der Waals surface area contributed by atoms with Crippen LogP contribution in [-0.2, 0) is 28.9 Å². The maximum Gasteiger partial charge on any atom is 0.340 e. The second-order valence-corrected chi connectivity index (χ2v) is 8.10. The second kappa shape index (κ2) is 7.79. The first-order valence-corrected chi connectivity index (χ1v) is 10.2. The number of primary amides is 1. The number of nitrogens with two attached hydrogens (primary N) is 1. The highest BCUT2D eigenvalue weighted by molar-refractivity contribution is 7.17. The van der Waals surface area contributed by atoms with Crippen LogP contribution in [0.3, 0.4) is 0 Å². The van der Waals surface area contributed by atoms with Gasteiger partial charge in [0.25, 0.3) is 11.8 Å². The van der Waals surface area contributed by atoms with Crippen molar-refractivity contribution < 1.29 is 19.1 Å². The number of nitrogens with one attached hydrogen (secondary N) is 1. The number of carbonyl (C=O) groups excluding carboxylic acids is 3. The van der Waals surface area contributed by atoms with Crippen LogP contribution >= 0.6 is 11.3 Å². The molecule has 0 spiro atoms. The van der Waals surface area contributed by atoms with E-state index >= 15 is 0 Å². The molecule has 2 aromatic rings. The predicted molar refractivity (Wildman–Crippen MR) is 108 cm³/mol. The predicted octanol–water partition coefficient (Wildman–Crippen LogP) is 2.96. The normalized spacial score (nSPS) is 13.9. The summed E-state index contributed by atoms with van der Waals surface area (Å²) in [5.74, 6) is -1.58. The van der Waals surface area contributed by atoms with Crippen LogP contribution in [-0.4, -0.2) is 28.5 Å². The average Bonchev–Trinajstić information content (AvgIpc) is 3.27. The highest BCUT2D eigenvalue weighted by Gasteiger charge is 2.28. The van der Waals surface area contributed by atoms with Crippen LogP contribution in [0.5, 0.6) is 0 Å². The van der Waals surface area contributed by atoms with Gasteiger partial charge in [-0.25, -0.2) is 4.79 Å². The van der Waals surface area contributed by atoms with E-state index in [0.29, 0.717) is 16.1 Å². The number of hydrogen-bond donors (Lipinski definition) is 2. The molecule has 28 heavy (non-hydrogen) atoms. The third kappa shape index (κ3) is 3.56. The van der Waals surface area contributed by atoms with E-state index in [1.165, 1.54) is 18.3 Å². The minimum atomic E-state index is -1.00. The lowest BCUT2D eigenvalue weighted by atomic mass is 10.1. The highest BCUT2D eigenvalue weighted by atomic mass is 32.1. The lowest BCUT2D eigenvalue weighted by Gasteiger charge is -2.14. The van der Waals surface area contributed by atoms with Crippen LogP contribution in [0, 0.1) is 13.8 Å². The summed E-state index contributed by atoms with van der Waals surface area (Å²) in [6.45, 7) is 8.03. The van der Waals surface area contributed by atoms with Crippen LogP contribution in [0.4, 0.5) is 5.00 Å². The minimum absolute atomic E-state index is 0.385. The van der Waals surface area contributed by atoms with E-state index in [1.807, 2.05) is 25.3 Å². The summed E-state index contributed by atoms with van der Waals surface area (Å²) in [5.41, 5.74) is 9.06. The van der Waals surface area contributed by atoms with Crippen molar-refractivity contribution in [2.24, 2.45) is 5.73 Å². The van der Waals surface area contributed by atoms with E-state index in [1.54, 1.807) is 6.07 Å². The molecule has 3 N–H and O–H groups in total. The van der Waals surface area contributed by atoms with E-state index in [2.05, 4.69) is 5.32 Å². The number of esters is 1. The Bertz CT molecular complexity index is 957. The van der Waals surface area contributed by atoms with Crippen molar-refractivity contribution in [2.75, 3.05) is 5.32 Å². The third-order valence-electron chi connectivity index (χ3n) is 5.17. The summed E-state index contributed by atoms with van der Waals surface area (Å²) in [7, 11) is 0. The Labute approximate surface area is 167 Å². The zero-order valence-corrected chi connectivity index (χ0v) is 17.4. The minimum Gasteiger partial charge on any atom is -0.449 e. The van der Waals surface area contributed by atoms with Gasteiger partial charge >= 0.3 is 5.97 Å². The Morgan fingerprint density at radius 3 is 2.64 bits per heavy atom. The molecule has 8 heteroatoms. The van der Waals surface area contributed by atoms with Gasteiger partial charge in [-0.05, 0) is 58.6 Å². The second-order valence-electron chi connectivity index (χ2n) is 6.99. The smallest absolute Gasteiger partial charge is 0.340 e. The van der Waals surface area contributed by atoms with Crippen LogP contribution in [0.1, 0.15) is 62.8 Å². The number of aryl methyl sites for hydroxylation is 2. The molecule has 0 saturated heterocycles. The third-order valence-corrected chi connectivity index (χ3v) is 6.37. The summed E-state index contributed by atoms with van der Waals surface area (Å²) < 4.78 is 7.37. The van der Waals surface area contributed by atoms with E-state index in [0.717, 1.165) is 47.6 Å². The number of amides is 2. The molecule has 1 aliphatic rings. The van der Waals surface area contributed by atoms with Gasteiger partial charge in [-0.1, -0.05) is 0 Å². The van der Waals surface area contributed by atoms with Gasteiger partial charge in [0.1, 0.15) is 5.00 Å². The average molecular weight is 404 g/mol. The van der Waals surface area contributed by atoms with Crippen molar-refractivity contribution in [2.45, 2.75) is 59.6 Å². The molecular weight excluding hydrogens is 378 g/mol. The first-order chi connectivity index (χ1) is 13.2. The molecule has 0 unspecified atom stereocenters. The molecule has 0 bridgehead atoms. The molecule has 2 amide bonds. The largest absolute Gasteiger partial charge is 0.449 e. The van der Waals surface area contributed by atoms with Crippen molar-refractivity contribution >= 4 is 34.1 Å². The Kier molecular flexibility index (Phi) is 5.60. The van der Waals surface area contributed by atoms with Crippen molar-refractivity contribution in [1.29, 1.82) is 0 Å². The fourth-order valence-electron chi connectivity index (χ4n) is 3.74. The number of carbonyl (C=O) groups is 3. The van der Waals surface area contributed by atoms with E-state index < -0.39 is 23.9 Å². The lowest BCUT2D eigenvalue weighted by molar-refractivity contribution is -0.123. The molecule has 2 heterocycles. The Balaban J connectivity index is 1.72. The van der Waals surface area contributed by atoms with Crippen molar-refractivity contribution in [3.05, 3.63) is 39.0 Å². The van der Waals surface area contributed by atoms with Gasteiger partial charge < -0.3 is 20.4 Å². The summed E-state index contributed by atoms with van der Waals surface area (Å²) in [5, 5.41) is 3.16. The molecular formula is C20H25N3O4S. The number of anilines is 1. The topological polar surface area (TPSA) is 103 Å². The summed E-state index contributed by atoms with van der Waals surface area (Å²) >= 11 is 1.37. The zero-order chi connectivity index (χ0) is 20.6. The molecule has 3 rings (SSSR count). The van der Waals surface area contributed by atoms with Gasteiger partial charge in [0, 0.05) is 22.8 Å². The fraction of sp³-hybridized carbons (Fsp3) is 0.450. The van der Waals surface area contributed by atoms with E-state index in [9.17, 15) is 14.4 Å². The molecule has 0 fully saturated rings. The number of thiophene rings is 1. The van der Waals surface area contributed by atoms with Crippen LogP contribution in [0.25, 0.3) is 0 Å². The van der Waals surface area contributed by atoms with Crippen LogP contribution in [0.2, 0.25) is 0 Å². The molecule has 0 aliphatic heterocycles. The van der Waals surface area contributed by atoms with E-state index in [4.69, 9.17) is 10.5 Å². The number of hydrogen-bond acceptors (Lipinski definition) is 5. The standard InChI is InChI=1S/C20H25N3O4S/c1-5-23-10(2)9-14(11(23)3)20(26)27-12(4)18(25)22-19-16(17(21)24)13-7-6-8-15(13)28-19/h9,12H,5-8H2,1-4H3,(H2,21,24)(H,22,25)/t12-/m0/s1. The fourth-order valence-corrected chi connectivity index (χ4v) is 5.04. The number of rotatable bonds is 6. The van der Waals surface area contributed by atoms with E-state index in [-0.39, 0.29) is 0 Å². The molecule has 150 valence electrons. The maximum atomic E-state index is 12.6. The van der Waals surface area contributed by atoms with Crippen LogP contribution < -0.4 is 11.1 Å². The maximum absolute atomic E-state index is 12.6. The van der Waals surface area contributed by atoms with Crippen molar-refractivity contribution in [3.63, 3.8) is 0 Å². The summed E-state index contributed by atoms with van der Waals surface area (Å²) in [4.78, 5) is 38.0. The van der Waals surface area contributed by atoms with Crippen molar-refractivity contribution in [1.82, 2.24) is 4.57 Å². The molecule has 0 radical (unpaired) electrons.